The molecule has 1 nitrogen and oxygen atoms in total. The van der Waals surface area contributed by atoms with Gasteiger partial charge in [0.25, 0.3) is 0 Å². The molecule has 2 rings (SSSR count). The second-order valence-electron chi connectivity index (χ2n) is 6.45. The van der Waals surface area contributed by atoms with Crippen LogP contribution in [0.1, 0.15) is 45.6 Å². The highest BCUT2D eigenvalue weighted by atomic mass is 35.5. The van der Waals surface area contributed by atoms with Gasteiger partial charge in [-0.3, -0.25) is 0 Å². The minimum Gasteiger partial charge on any atom is -0.316 e. The van der Waals surface area contributed by atoms with Gasteiger partial charge in [0, 0.05) is 17.0 Å². The number of halogens is 1. The van der Waals surface area contributed by atoms with Crippen molar-refractivity contribution >= 4 is 11.6 Å². The normalized spacial score (nSPS) is 27.1. The predicted octanol–water partition coefficient (Wildman–Crippen LogP) is 4.64. The Morgan fingerprint density at radius 1 is 1.37 bits per heavy atom. The molecule has 0 saturated heterocycles. The highest BCUT2D eigenvalue weighted by Gasteiger charge is 2.42. The van der Waals surface area contributed by atoms with E-state index < -0.39 is 0 Å². The fourth-order valence-corrected chi connectivity index (χ4v) is 3.78. The number of rotatable bonds is 5. The zero-order valence-corrected chi connectivity index (χ0v) is 13.1. The Bertz CT molecular complexity index is 415. The van der Waals surface area contributed by atoms with E-state index in [1.54, 1.807) is 0 Å². The monoisotopic (exact) mass is 279 g/mol. The lowest BCUT2D eigenvalue weighted by Gasteiger charge is -2.36. The molecule has 1 aliphatic rings. The molecule has 2 heteroatoms. The molecule has 2 atom stereocenters. The molecule has 1 fully saturated rings. The van der Waals surface area contributed by atoms with Gasteiger partial charge in [-0.15, -0.1) is 0 Å². The molecule has 0 aromatic heterocycles. The lowest BCUT2D eigenvalue weighted by molar-refractivity contribution is 0.312. The zero-order valence-electron chi connectivity index (χ0n) is 12.4. The molecule has 2 unspecified atom stereocenters. The summed E-state index contributed by atoms with van der Waals surface area (Å²) in [7, 11) is 0. The van der Waals surface area contributed by atoms with Crippen LogP contribution < -0.4 is 5.32 Å². The van der Waals surface area contributed by atoms with E-state index in [9.17, 15) is 0 Å². The first-order chi connectivity index (χ1) is 9.06. The molecule has 0 heterocycles. The van der Waals surface area contributed by atoms with E-state index in [4.69, 9.17) is 11.6 Å². The van der Waals surface area contributed by atoms with Crippen LogP contribution in [0.3, 0.4) is 0 Å². The first-order valence-electron chi connectivity index (χ1n) is 7.52. The Morgan fingerprint density at radius 3 is 2.68 bits per heavy atom. The first kappa shape index (κ1) is 14.9. The summed E-state index contributed by atoms with van der Waals surface area (Å²) >= 11 is 6.47. The van der Waals surface area contributed by atoms with E-state index in [1.165, 1.54) is 24.8 Å². The second-order valence-corrected chi connectivity index (χ2v) is 6.86. The van der Waals surface area contributed by atoms with Gasteiger partial charge in [-0.05, 0) is 42.9 Å². The fourth-order valence-electron chi connectivity index (χ4n) is 3.45. The number of hydrogen-bond donors (Lipinski definition) is 1. The van der Waals surface area contributed by atoms with E-state index in [0.29, 0.717) is 11.8 Å². The second kappa shape index (κ2) is 6.28. The lowest BCUT2D eigenvalue weighted by atomic mass is 9.72. The van der Waals surface area contributed by atoms with Crippen LogP contribution in [0, 0.1) is 11.8 Å². The van der Waals surface area contributed by atoms with Crippen molar-refractivity contribution in [3.05, 3.63) is 34.9 Å². The van der Waals surface area contributed by atoms with Gasteiger partial charge in [0.2, 0.25) is 0 Å². The SMILES string of the molecule is CC(C)CNCC1(c2ccccc2Cl)CCCC1C. The number of nitrogens with one attached hydrogen (secondary N) is 1. The average molecular weight is 280 g/mol. The summed E-state index contributed by atoms with van der Waals surface area (Å²) in [4.78, 5) is 0. The molecule has 1 aromatic carbocycles. The van der Waals surface area contributed by atoms with Crippen LogP contribution in [0.15, 0.2) is 24.3 Å². The quantitative estimate of drug-likeness (QED) is 0.828. The molecule has 0 aliphatic heterocycles. The van der Waals surface area contributed by atoms with E-state index >= 15 is 0 Å². The summed E-state index contributed by atoms with van der Waals surface area (Å²) in [6.07, 6.45) is 3.88. The predicted molar refractivity (Wildman–Crippen MR) is 83.9 cm³/mol. The molecular formula is C17H26ClN. The summed E-state index contributed by atoms with van der Waals surface area (Å²) in [5.74, 6) is 1.40. The third kappa shape index (κ3) is 3.14. The highest BCUT2D eigenvalue weighted by molar-refractivity contribution is 6.31. The zero-order chi connectivity index (χ0) is 13.9. The van der Waals surface area contributed by atoms with Crippen molar-refractivity contribution in [1.29, 1.82) is 0 Å². The molecule has 0 radical (unpaired) electrons. The van der Waals surface area contributed by atoms with E-state index in [-0.39, 0.29) is 5.41 Å². The van der Waals surface area contributed by atoms with Gasteiger partial charge in [-0.25, -0.2) is 0 Å². The van der Waals surface area contributed by atoms with E-state index in [2.05, 4.69) is 38.2 Å². The van der Waals surface area contributed by atoms with Gasteiger partial charge >= 0.3 is 0 Å². The Hall–Kier alpha value is -0.530. The molecule has 0 spiro atoms. The summed E-state index contributed by atoms with van der Waals surface area (Å²) in [6, 6.07) is 8.41. The number of hydrogen-bond acceptors (Lipinski definition) is 1. The van der Waals surface area contributed by atoms with Gasteiger partial charge in [-0.1, -0.05) is 57.0 Å². The van der Waals surface area contributed by atoms with Gasteiger partial charge < -0.3 is 5.32 Å². The molecule has 19 heavy (non-hydrogen) atoms. The standard InChI is InChI=1S/C17H26ClN/c1-13(2)11-19-12-17(10-6-7-14(17)3)15-8-4-5-9-16(15)18/h4-5,8-9,13-14,19H,6-7,10-12H2,1-3H3. The fraction of sp³-hybridized carbons (Fsp3) is 0.647. The van der Waals surface area contributed by atoms with Crippen molar-refractivity contribution in [2.75, 3.05) is 13.1 Å². The highest BCUT2D eigenvalue weighted by Crippen LogP contribution is 2.47. The molecule has 1 aliphatic carbocycles. The molecule has 1 N–H and O–H groups in total. The molecule has 106 valence electrons. The van der Waals surface area contributed by atoms with Crippen molar-refractivity contribution in [3.63, 3.8) is 0 Å². The van der Waals surface area contributed by atoms with Crippen molar-refractivity contribution < 1.29 is 0 Å². The molecule has 0 amide bonds. The van der Waals surface area contributed by atoms with Crippen LogP contribution in [0.5, 0.6) is 0 Å². The van der Waals surface area contributed by atoms with Gasteiger partial charge in [0.15, 0.2) is 0 Å². The Labute approximate surface area is 122 Å². The Morgan fingerprint density at radius 2 is 2.11 bits per heavy atom. The molecule has 1 saturated carbocycles. The lowest BCUT2D eigenvalue weighted by Crippen LogP contribution is -2.41. The average Bonchev–Trinajstić information content (AvgIpc) is 2.72. The van der Waals surface area contributed by atoms with Crippen LogP contribution in [0.25, 0.3) is 0 Å². The topological polar surface area (TPSA) is 12.0 Å². The van der Waals surface area contributed by atoms with Crippen LogP contribution in [0.4, 0.5) is 0 Å². The van der Waals surface area contributed by atoms with Crippen LogP contribution in [0.2, 0.25) is 5.02 Å². The van der Waals surface area contributed by atoms with Crippen molar-refractivity contribution in [1.82, 2.24) is 5.32 Å². The third-order valence-electron chi connectivity index (χ3n) is 4.61. The molecular weight excluding hydrogens is 254 g/mol. The number of benzene rings is 1. The Kier molecular flexibility index (Phi) is 4.92. The third-order valence-corrected chi connectivity index (χ3v) is 4.94. The van der Waals surface area contributed by atoms with Crippen molar-refractivity contribution in [2.45, 2.75) is 45.4 Å². The maximum atomic E-state index is 6.47. The van der Waals surface area contributed by atoms with Crippen molar-refractivity contribution in [2.24, 2.45) is 11.8 Å². The maximum absolute atomic E-state index is 6.47. The van der Waals surface area contributed by atoms with Crippen LogP contribution in [-0.2, 0) is 5.41 Å². The largest absolute Gasteiger partial charge is 0.316 e. The minimum atomic E-state index is 0.229. The molecule has 1 aromatic rings. The van der Waals surface area contributed by atoms with Gasteiger partial charge in [0.1, 0.15) is 0 Å². The van der Waals surface area contributed by atoms with Gasteiger partial charge in [-0.2, -0.15) is 0 Å². The molecule has 0 bridgehead atoms. The van der Waals surface area contributed by atoms with E-state index in [0.717, 1.165) is 18.1 Å². The summed E-state index contributed by atoms with van der Waals surface area (Å²) < 4.78 is 0. The smallest absolute Gasteiger partial charge is 0.0444 e. The minimum absolute atomic E-state index is 0.229. The van der Waals surface area contributed by atoms with Crippen molar-refractivity contribution in [3.8, 4) is 0 Å². The van der Waals surface area contributed by atoms with E-state index in [1.807, 2.05) is 12.1 Å². The summed E-state index contributed by atoms with van der Waals surface area (Å²) in [6.45, 7) is 9.03. The van der Waals surface area contributed by atoms with Gasteiger partial charge in [0.05, 0.1) is 0 Å². The van der Waals surface area contributed by atoms with Crippen LogP contribution in [-0.4, -0.2) is 13.1 Å². The van der Waals surface area contributed by atoms with Crippen LogP contribution >= 0.6 is 11.6 Å². The Balaban J connectivity index is 2.23. The first-order valence-corrected chi connectivity index (χ1v) is 7.90. The maximum Gasteiger partial charge on any atom is 0.0444 e. The summed E-state index contributed by atoms with van der Waals surface area (Å²) in [5, 5.41) is 4.60. The summed E-state index contributed by atoms with van der Waals surface area (Å²) in [5.41, 5.74) is 1.57.